The highest BCUT2D eigenvalue weighted by Gasteiger charge is 2.21. The molecule has 1 aromatic rings. The molecule has 0 unspecified atom stereocenters. The average Bonchev–Trinajstić information content (AvgIpc) is 3.14. The fraction of sp³-hybridized carbons (Fsp3) is 0.714. The smallest absolute Gasteiger partial charge is 0.120 e. The lowest BCUT2D eigenvalue weighted by atomic mass is 10.2. The van der Waals surface area contributed by atoms with E-state index in [0.717, 1.165) is 30.7 Å². The minimum absolute atomic E-state index is 0.747. The van der Waals surface area contributed by atoms with Crippen molar-refractivity contribution in [1.29, 1.82) is 0 Å². The number of rotatable bonds is 5. The molecule has 1 aliphatic heterocycles. The molecule has 2 fully saturated rings. The molecule has 1 aliphatic carbocycles. The summed E-state index contributed by atoms with van der Waals surface area (Å²) in [7, 11) is 0. The molecule has 100 valence electrons. The normalized spacial score (nSPS) is 21.4. The molecular formula is C14H22N2OS. The third kappa shape index (κ3) is 3.31. The van der Waals surface area contributed by atoms with E-state index in [1.807, 2.05) is 0 Å². The Balaban J connectivity index is 1.56. The van der Waals surface area contributed by atoms with E-state index in [-0.39, 0.29) is 0 Å². The van der Waals surface area contributed by atoms with E-state index in [0.29, 0.717) is 0 Å². The maximum atomic E-state index is 5.98. The third-order valence-corrected chi connectivity index (χ3v) is 4.63. The number of thioether (sulfide) groups is 1. The number of nitrogens with zero attached hydrogens (tertiary/aromatic N) is 1. The summed E-state index contributed by atoms with van der Waals surface area (Å²) in [5.74, 6) is 4.78. The van der Waals surface area contributed by atoms with Crippen molar-refractivity contribution in [1.82, 2.24) is 10.2 Å². The lowest BCUT2D eigenvalue weighted by Gasteiger charge is -2.24. The zero-order valence-electron chi connectivity index (χ0n) is 11.1. The summed E-state index contributed by atoms with van der Waals surface area (Å²) >= 11 is 2.05. The third-order valence-electron chi connectivity index (χ3n) is 3.68. The highest BCUT2D eigenvalue weighted by atomic mass is 32.2. The first-order chi connectivity index (χ1) is 8.81. The summed E-state index contributed by atoms with van der Waals surface area (Å²) in [5.41, 5.74) is 1.30. The van der Waals surface area contributed by atoms with E-state index >= 15 is 0 Å². The van der Waals surface area contributed by atoms with Gasteiger partial charge in [-0.1, -0.05) is 0 Å². The van der Waals surface area contributed by atoms with Crippen molar-refractivity contribution in [2.24, 2.45) is 0 Å². The van der Waals surface area contributed by atoms with E-state index in [1.54, 1.807) is 0 Å². The van der Waals surface area contributed by atoms with E-state index in [4.69, 9.17) is 4.42 Å². The van der Waals surface area contributed by atoms with Crippen LogP contribution in [0.4, 0.5) is 0 Å². The van der Waals surface area contributed by atoms with Crippen LogP contribution in [-0.2, 0) is 13.1 Å². The molecule has 3 nitrogen and oxygen atoms in total. The van der Waals surface area contributed by atoms with Gasteiger partial charge >= 0.3 is 0 Å². The molecular weight excluding hydrogens is 244 g/mol. The second-order valence-corrected chi connectivity index (χ2v) is 6.59. The number of hydrogen-bond donors (Lipinski definition) is 1. The average molecular weight is 266 g/mol. The molecule has 3 rings (SSSR count). The van der Waals surface area contributed by atoms with Crippen LogP contribution in [0.25, 0.3) is 0 Å². The summed E-state index contributed by atoms with van der Waals surface area (Å²) in [5, 5.41) is 3.52. The number of hydrogen-bond acceptors (Lipinski definition) is 4. The summed E-state index contributed by atoms with van der Waals surface area (Å²) in [6.45, 7) is 6.42. The van der Waals surface area contributed by atoms with Gasteiger partial charge in [-0.25, -0.2) is 0 Å². The first-order valence-electron chi connectivity index (χ1n) is 6.93. The van der Waals surface area contributed by atoms with E-state index in [9.17, 15) is 0 Å². The van der Waals surface area contributed by atoms with Crippen molar-refractivity contribution in [3.8, 4) is 0 Å². The largest absolute Gasteiger partial charge is 0.463 e. The molecule has 1 saturated heterocycles. The summed E-state index contributed by atoms with van der Waals surface area (Å²) in [6, 6.07) is 2.96. The minimum atomic E-state index is 0.747. The molecule has 0 radical (unpaired) electrons. The fourth-order valence-electron chi connectivity index (χ4n) is 2.35. The second-order valence-electron chi connectivity index (χ2n) is 5.36. The van der Waals surface area contributed by atoms with Crippen LogP contribution >= 0.6 is 11.8 Å². The molecule has 1 aromatic heterocycles. The molecule has 2 heterocycles. The van der Waals surface area contributed by atoms with Crippen molar-refractivity contribution in [3.05, 3.63) is 23.2 Å². The molecule has 2 aliphatic rings. The van der Waals surface area contributed by atoms with Crippen molar-refractivity contribution in [2.75, 3.05) is 24.6 Å². The van der Waals surface area contributed by atoms with Crippen LogP contribution in [0.3, 0.4) is 0 Å². The van der Waals surface area contributed by atoms with Gasteiger partial charge in [-0.2, -0.15) is 11.8 Å². The Labute approximate surface area is 113 Å². The molecule has 0 atom stereocenters. The van der Waals surface area contributed by atoms with Gasteiger partial charge in [0, 0.05) is 30.6 Å². The van der Waals surface area contributed by atoms with Crippen LogP contribution < -0.4 is 5.32 Å². The number of nitrogens with one attached hydrogen (secondary N) is 1. The number of furan rings is 1. The van der Waals surface area contributed by atoms with Crippen LogP contribution in [-0.4, -0.2) is 35.5 Å². The van der Waals surface area contributed by atoms with Crippen LogP contribution in [0.2, 0.25) is 0 Å². The highest BCUT2D eigenvalue weighted by molar-refractivity contribution is 7.99. The first kappa shape index (κ1) is 12.6. The lowest BCUT2D eigenvalue weighted by molar-refractivity contribution is 0.263. The lowest BCUT2D eigenvalue weighted by Crippen LogP contribution is -2.31. The topological polar surface area (TPSA) is 28.4 Å². The zero-order valence-corrected chi connectivity index (χ0v) is 11.9. The monoisotopic (exact) mass is 266 g/mol. The predicted molar refractivity (Wildman–Crippen MR) is 75.9 cm³/mol. The fourth-order valence-corrected chi connectivity index (χ4v) is 3.33. The van der Waals surface area contributed by atoms with Gasteiger partial charge in [0.15, 0.2) is 0 Å². The van der Waals surface area contributed by atoms with Crippen LogP contribution in [0.5, 0.6) is 0 Å². The van der Waals surface area contributed by atoms with Gasteiger partial charge in [-0.05, 0) is 31.4 Å². The Kier molecular flexibility index (Phi) is 3.97. The summed E-state index contributed by atoms with van der Waals surface area (Å²) in [4.78, 5) is 2.49. The molecule has 18 heavy (non-hydrogen) atoms. The first-order valence-corrected chi connectivity index (χ1v) is 8.08. The van der Waals surface area contributed by atoms with Gasteiger partial charge in [0.2, 0.25) is 0 Å². The zero-order chi connectivity index (χ0) is 12.4. The standard InChI is InChI=1S/C14H22N2OS/c1-11-8-13(10-16-4-6-18-7-5-16)17-14(11)9-15-12-2-3-12/h8,12,15H,2-7,9-10H2,1H3. The highest BCUT2D eigenvalue weighted by Crippen LogP contribution is 2.22. The minimum Gasteiger partial charge on any atom is -0.463 e. The van der Waals surface area contributed by atoms with E-state index < -0.39 is 0 Å². The Morgan fingerprint density at radius 2 is 2.17 bits per heavy atom. The Morgan fingerprint density at radius 1 is 1.39 bits per heavy atom. The Hall–Kier alpha value is -0.450. The van der Waals surface area contributed by atoms with Crippen LogP contribution in [0.15, 0.2) is 10.5 Å². The molecule has 4 heteroatoms. The van der Waals surface area contributed by atoms with Gasteiger partial charge in [0.25, 0.3) is 0 Å². The second kappa shape index (κ2) is 5.68. The predicted octanol–water partition coefficient (Wildman–Crippen LogP) is 2.39. The van der Waals surface area contributed by atoms with Gasteiger partial charge in [-0.15, -0.1) is 0 Å². The van der Waals surface area contributed by atoms with Crippen molar-refractivity contribution in [2.45, 2.75) is 38.9 Å². The molecule has 0 amide bonds. The molecule has 0 spiro atoms. The van der Waals surface area contributed by atoms with Crippen molar-refractivity contribution in [3.63, 3.8) is 0 Å². The molecule has 0 aromatic carbocycles. The van der Waals surface area contributed by atoms with Gasteiger partial charge in [-0.3, -0.25) is 4.90 Å². The maximum absolute atomic E-state index is 5.98. The SMILES string of the molecule is Cc1cc(CN2CCSCC2)oc1CNC1CC1. The van der Waals surface area contributed by atoms with E-state index in [1.165, 1.54) is 43.0 Å². The molecule has 1 N–H and O–H groups in total. The van der Waals surface area contributed by atoms with Gasteiger partial charge in [0.1, 0.15) is 11.5 Å². The maximum Gasteiger partial charge on any atom is 0.120 e. The van der Waals surface area contributed by atoms with Gasteiger partial charge < -0.3 is 9.73 Å². The number of aryl methyl sites for hydroxylation is 1. The summed E-state index contributed by atoms with van der Waals surface area (Å²) < 4.78 is 5.98. The van der Waals surface area contributed by atoms with Crippen LogP contribution in [0, 0.1) is 6.92 Å². The van der Waals surface area contributed by atoms with Crippen molar-refractivity contribution < 1.29 is 4.42 Å². The quantitative estimate of drug-likeness (QED) is 0.886. The molecule has 0 bridgehead atoms. The molecule has 1 saturated carbocycles. The van der Waals surface area contributed by atoms with Crippen molar-refractivity contribution >= 4 is 11.8 Å². The Morgan fingerprint density at radius 3 is 2.89 bits per heavy atom. The van der Waals surface area contributed by atoms with Crippen LogP contribution in [0.1, 0.15) is 29.9 Å². The Bertz CT molecular complexity index is 394. The summed E-state index contributed by atoms with van der Waals surface area (Å²) in [6.07, 6.45) is 2.66. The van der Waals surface area contributed by atoms with Gasteiger partial charge in [0.05, 0.1) is 13.1 Å². The van der Waals surface area contributed by atoms with E-state index in [2.05, 4.69) is 35.0 Å².